The molecule has 0 amide bonds. The first-order chi connectivity index (χ1) is 11.6. The van der Waals surface area contributed by atoms with Gasteiger partial charge in [0, 0.05) is 6.54 Å². The Balaban J connectivity index is 1.64. The monoisotopic (exact) mass is 347 g/mol. The van der Waals surface area contributed by atoms with E-state index in [1.165, 1.54) is 6.20 Å². The molecule has 128 valence electrons. The van der Waals surface area contributed by atoms with Crippen LogP contribution in [0.2, 0.25) is 0 Å². The van der Waals surface area contributed by atoms with Crippen molar-refractivity contribution in [1.82, 2.24) is 14.1 Å². The smallest absolute Gasteiger partial charge is 0.246 e. The van der Waals surface area contributed by atoms with E-state index in [0.29, 0.717) is 13.2 Å². The van der Waals surface area contributed by atoms with Crippen LogP contribution in [-0.4, -0.2) is 47.8 Å². The molecule has 2 aromatic rings. The van der Waals surface area contributed by atoms with Gasteiger partial charge in [-0.2, -0.15) is 9.40 Å². The summed E-state index contributed by atoms with van der Waals surface area (Å²) in [6.07, 6.45) is 5.91. The van der Waals surface area contributed by atoms with Gasteiger partial charge in [0.05, 0.1) is 36.8 Å². The number of hydrogen-bond acceptors (Lipinski definition) is 4. The number of rotatable bonds is 3. The van der Waals surface area contributed by atoms with Crippen LogP contribution < -0.4 is 0 Å². The number of hydrogen-bond donors (Lipinski definition) is 0. The minimum absolute atomic E-state index is 0.0357. The van der Waals surface area contributed by atoms with Gasteiger partial charge in [0.25, 0.3) is 0 Å². The van der Waals surface area contributed by atoms with Gasteiger partial charge in [-0.1, -0.05) is 17.7 Å². The molecule has 2 atom stereocenters. The number of fused-ring (bicyclic) bond motifs is 1. The summed E-state index contributed by atoms with van der Waals surface area (Å²) < 4.78 is 35.0. The van der Waals surface area contributed by atoms with E-state index in [1.54, 1.807) is 15.2 Å². The zero-order valence-corrected chi connectivity index (χ0v) is 14.4. The molecule has 2 aliphatic rings. The van der Waals surface area contributed by atoms with Crippen LogP contribution in [0, 0.1) is 6.92 Å². The first kappa shape index (κ1) is 15.8. The first-order valence-corrected chi connectivity index (χ1v) is 9.75. The van der Waals surface area contributed by atoms with Crippen molar-refractivity contribution in [3.05, 3.63) is 42.2 Å². The fourth-order valence-corrected chi connectivity index (χ4v) is 5.20. The molecule has 24 heavy (non-hydrogen) atoms. The number of ether oxygens (including phenoxy) is 1. The quantitative estimate of drug-likeness (QED) is 0.853. The molecule has 1 aliphatic heterocycles. The first-order valence-electron chi connectivity index (χ1n) is 8.31. The predicted molar refractivity (Wildman–Crippen MR) is 89.6 cm³/mol. The molecule has 7 heteroatoms. The van der Waals surface area contributed by atoms with E-state index in [1.807, 2.05) is 31.2 Å². The van der Waals surface area contributed by atoms with Crippen molar-refractivity contribution in [2.45, 2.75) is 43.2 Å². The van der Waals surface area contributed by atoms with Crippen molar-refractivity contribution < 1.29 is 13.2 Å². The number of nitrogens with zero attached hydrogens (tertiary/aromatic N) is 3. The highest BCUT2D eigenvalue weighted by molar-refractivity contribution is 7.89. The van der Waals surface area contributed by atoms with Gasteiger partial charge >= 0.3 is 0 Å². The molecule has 0 bridgehead atoms. The maximum Gasteiger partial charge on any atom is 0.246 e. The summed E-state index contributed by atoms with van der Waals surface area (Å²) >= 11 is 0. The molecule has 1 saturated heterocycles. The Labute approximate surface area is 142 Å². The second kappa shape index (κ2) is 5.98. The Morgan fingerprint density at radius 3 is 2.79 bits per heavy atom. The summed E-state index contributed by atoms with van der Waals surface area (Å²) in [5, 5.41) is 4.24. The Morgan fingerprint density at radius 2 is 2.00 bits per heavy atom. The van der Waals surface area contributed by atoms with E-state index in [2.05, 4.69) is 5.10 Å². The third-order valence-electron chi connectivity index (χ3n) is 4.90. The van der Waals surface area contributed by atoms with E-state index in [4.69, 9.17) is 4.74 Å². The van der Waals surface area contributed by atoms with Crippen LogP contribution >= 0.6 is 0 Å². The highest BCUT2D eigenvalue weighted by atomic mass is 32.2. The van der Waals surface area contributed by atoms with Crippen molar-refractivity contribution in [2.75, 3.05) is 13.2 Å². The fourth-order valence-electron chi connectivity index (χ4n) is 3.60. The van der Waals surface area contributed by atoms with E-state index >= 15 is 0 Å². The van der Waals surface area contributed by atoms with Crippen molar-refractivity contribution in [1.29, 1.82) is 0 Å². The second-order valence-corrected chi connectivity index (χ2v) is 8.37. The summed E-state index contributed by atoms with van der Waals surface area (Å²) in [5.74, 6) is 0. The van der Waals surface area contributed by atoms with Crippen LogP contribution in [0.25, 0.3) is 5.69 Å². The lowest BCUT2D eigenvalue weighted by Gasteiger charge is -2.36. The normalized spacial score (nSPS) is 24.9. The Hall–Kier alpha value is -1.70. The van der Waals surface area contributed by atoms with Gasteiger partial charge in [0.1, 0.15) is 4.90 Å². The fraction of sp³-hybridized carbons (Fsp3) is 0.471. The molecule has 0 unspecified atom stereocenters. The maximum absolute atomic E-state index is 13.0. The van der Waals surface area contributed by atoms with Gasteiger partial charge in [0.2, 0.25) is 10.0 Å². The molecular weight excluding hydrogens is 326 g/mol. The van der Waals surface area contributed by atoms with Gasteiger partial charge in [0.15, 0.2) is 0 Å². The summed E-state index contributed by atoms with van der Waals surface area (Å²) in [4.78, 5) is 0.246. The Bertz CT molecular complexity index is 829. The van der Waals surface area contributed by atoms with Gasteiger partial charge in [-0.05, 0) is 38.3 Å². The van der Waals surface area contributed by atoms with Gasteiger partial charge < -0.3 is 4.74 Å². The summed E-state index contributed by atoms with van der Waals surface area (Å²) in [6, 6.07) is 7.79. The van der Waals surface area contributed by atoms with Crippen LogP contribution in [0.1, 0.15) is 24.8 Å². The average Bonchev–Trinajstić information content (AvgIpc) is 3.24. The molecule has 1 saturated carbocycles. The van der Waals surface area contributed by atoms with Crippen LogP contribution in [-0.2, 0) is 14.8 Å². The summed E-state index contributed by atoms with van der Waals surface area (Å²) in [6.45, 7) is 2.89. The van der Waals surface area contributed by atoms with Gasteiger partial charge in [-0.15, -0.1) is 0 Å². The molecule has 1 aromatic heterocycles. The molecule has 0 radical (unpaired) electrons. The Morgan fingerprint density at radius 1 is 1.21 bits per heavy atom. The largest absolute Gasteiger partial charge is 0.375 e. The van der Waals surface area contributed by atoms with Gasteiger partial charge in [-0.25, -0.2) is 13.1 Å². The summed E-state index contributed by atoms with van der Waals surface area (Å²) in [5.41, 5.74) is 2.00. The molecule has 1 aromatic carbocycles. The predicted octanol–water partition coefficient (Wildman–Crippen LogP) is 2.12. The Kier molecular flexibility index (Phi) is 3.94. The minimum Gasteiger partial charge on any atom is -0.375 e. The maximum atomic E-state index is 13.0. The lowest BCUT2D eigenvalue weighted by molar-refractivity contribution is -0.0241. The SMILES string of the molecule is Cc1ccc(-n2cc(S(=O)(=O)N3CCO[C@H]4CCC[C@H]43)cn2)cc1. The van der Waals surface area contributed by atoms with Crippen molar-refractivity contribution in [3.8, 4) is 5.69 Å². The summed E-state index contributed by atoms with van der Waals surface area (Å²) in [7, 11) is -3.54. The number of morpholine rings is 1. The van der Waals surface area contributed by atoms with Crippen molar-refractivity contribution >= 4 is 10.0 Å². The molecular formula is C17H21N3O3S. The van der Waals surface area contributed by atoms with Crippen molar-refractivity contribution in [2.24, 2.45) is 0 Å². The molecule has 0 N–H and O–H groups in total. The number of benzene rings is 1. The standard InChI is InChI=1S/C17H21N3O3S/c1-13-5-7-14(8-6-13)19-12-15(11-18-19)24(21,22)20-9-10-23-17-4-2-3-16(17)20/h5-8,11-12,16-17H,2-4,9-10H2,1H3/t16-,17+/m1/s1. The molecule has 2 heterocycles. The lowest BCUT2D eigenvalue weighted by Crippen LogP contribution is -2.51. The van der Waals surface area contributed by atoms with E-state index in [9.17, 15) is 8.42 Å². The van der Waals surface area contributed by atoms with Crippen LogP contribution in [0.3, 0.4) is 0 Å². The highest BCUT2D eigenvalue weighted by Crippen LogP contribution is 2.33. The van der Waals surface area contributed by atoms with Crippen LogP contribution in [0.15, 0.2) is 41.6 Å². The van der Waals surface area contributed by atoms with E-state index in [0.717, 1.165) is 30.5 Å². The number of aromatic nitrogens is 2. The van der Waals surface area contributed by atoms with Crippen molar-refractivity contribution in [3.63, 3.8) is 0 Å². The third kappa shape index (κ3) is 2.66. The van der Waals surface area contributed by atoms with Crippen LogP contribution in [0.4, 0.5) is 0 Å². The molecule has 0 spiro atoms. The average molecular weight is 347 g/mol. The van der Waals surface area contributed by atoms with Gasteiger partial charge in [-0.3, -0.25) is 0 Å². The molecule has 1 aliphatic carbocycles. The topological polar surface area (TPSA) is 64.4 Å². The zero-order chi connectivity index (χ0) is 16.7. The van der Waals surface area contributed by atoms with Crippen LogP contribution in [0.5, 0.6) is 0 Å². The third-order valence-corrected chi connectivity index (χ3v) is 6.77. The number of sulfonamides is 1. The minimum atomic E-state index is -3.54. The lowest BCUT2D eigenvalue weighted by atomic mass is 10.2. The zero-order valence-electron chi connectivity index (χ0n) is 13.6. The molecule has 2 fully saturated rings. The highest BCUT2D eigenvalue weighted by Gasteiger charge is 2.42. The number of aryl methyl sites for hydroxylation is 1. The van der Waals surface area contributed by atoms with E-state index in [-0.39, 0.29) is 17.0 Å². The molecule has 4 rings (SSSR count). The van der Waals surface area contributed by atoms with E-state index < -0.39 is 10.0 Å². The second-order valence-electron chi connectivity index (χ2n) is 6.48. The molecule has 6 nitrogen and oxygen atoms in total.